The molecule has 0 bridgehead atoms. The van der Waals surface area contributed by atoms with E-state index in [9.17, 15) is 4.79 Å². The lowest BCUT2D eigenvalue weighted by atomic mass is 9.99. The maximum atomic E-state index is 12.6. The highest BCUT2D eigenvalue weighted by Crippen LogP contribution is 2.19. The molecular formula is C23H38IN5O2. The molecule has 1 fully saturated rings. The number of morpholine rings is 1. The first-order valence-corrected chi connectivity index (χ1v) is 11.1. The Balaban J connectivity index is 0.00000341. The first-order chi connectivity index (χ1) is 14.5. The van der Waals surface area contributed by atoms with E-state index in [-0.39, 0.29) is 35.4 Å². The van der Waals surface area contributed by atoms with E-state index in [1.165, 1.54) is 11.1 Å². The minimum atomic E-state index is 0. The summed E-state index contributed by atoms with van der Waals surface area (Å²) >= 11 is 0. The zero-order valence-corrected chi connectivity index (χ0v) is 21.5. The number of hydrogen-bond acceptors (Lipinski definition) is 4. The second-order valence-electron chi connectivity index (χ2n) is 8.70. The number of nitrogens with zero attached hydrogens (tertiary/aromatic N) is 3. The van der Waals surface area contributed by atoms with Crippen LogP contribution in [0.25, 0.3) is 0 Å². The van der Waals surface area contributed by atoms with E-state index >= 15 is 0 Å². The Hall–Kier alpha value is -1.39. The third-order valence-electron chi connectivity index (χ3n) is 6.12. The Morgan fingerprint density at radius 3 is 2.55 bits per heavy atom. The number of nitrogens with one attached hydrogen (secondary N) is 2. The maximum absolute atomic E-state index is 12.6. The van der Waals surface area contributed by atoms with Crippen LogP contribution in [0.1, 0.15) is 37.8 Å². The number of amides is 1. The Morgan fingerprint density at radius 2 is 1.84 bits per heavy atom. The molecule has 2 N–H and O–H groups in total. The molecule has 0 spiro atoms. The molecule has 174 valence electrons. The highest BCUT2D eigenvalue weighted by molar-refractivity contribution is 14.0. The number of aliphatic imine (C=N–C) groups is 1. The molecule has 1 aromatic carbocycles. The van der Waals surface area contributed by atoms with Crippen LogP contribution in [0.15, 0.2) is 29.3 Å². The SMILES string of the molecule is CN=C(NCCCC(=O)N1CCc2ccccc2C1)NCC(C)(C)N1CCOCC1.I. The van der Waals surface area contributed by atoms with E-state index in [1.807, 2.05) is 4.90 Å². The van der Waals surface area contributed by atoms with Gasteiger partial charge in [-0.05, 0) is 37.8 Å². The lowest BCUT2D eigenvalue weighted by molar-refractivity contribution is -0.132. The van der Waals surface area contributed by atoms with Crippen molar-refractivity contribution in [1.29, 1.82) is 0 Å². The van der Waals surface area contributed by atoms with Crippen molar-refractivity contribution in [3.05, 3.63) is 35.4 Å². The molecule has 2 heterocycles. The minimum absolute atomic E-state index is 0. The molecular weight excluding hydrogens is 505 g/mol. The van der Waals surface area contributed by atoms with Crippen molar-refractivity contribution in [3.63, 3.8) is 0 Å². The van der Waals surface area contributed by atoms with Gasteiger partial charge in [-0.15, -0.1) is 24.0 Å². The van der Waals surface area contributed by atoms with Gasteiger partial charge in [-0.2, -0.15) is 0 Å². The summed E-state index contributed by atoms with van der Waals surface area (Å²) in [5.74, 6) is 1.03. The van der Waals surface area contributed by atoms with Crippen molar-refractivity contribution >= 4 is 35.8 Å². The van der Waals surface area contributed by atoms with Crippen LogP contribution >= 0.6 is 24.0 Å². The number of rotatable bonds is 7. The normalized spacial score (nSPS) is 17.5. The predicted molar refractivity (Wildman–Crippen MR) is 136 cm³/mol. The van der Waals surface area contributed by atoms with E-state index < -0.39 is 0 Å². The Labute approximate surface area is 204 Å². The van der Waals surface area contributed by atoms with Gasteiger partial charge in [-0.3, -0.25) is 14.7 Å². The van der Waals surface area contributed by atoms with Crippen molar-refractivity contribution in [2.75, 3.05) is 53.0 Å². The molecule has 0 unspecified atom stereocenters. The van der Waals surface area contributed by atoms with Crippen LogP contribution in [0.4, 0.5) is 0 Å². The van der Waals surface area contributed by atoms with E-state index in [0.717, 1.165) is 71.3 Å². The third-order valence-corrected chi connectivity index (χ3v) is 6.12. The van der Waals surface area contributed by atoms with E-state index in [2.05, 4.69) is 58.6 Å². The van der Waals surface area contributed by atoms with E-state index in [0.29, 0.717) is 6.42 Å². The second kappa shape index (κ2) is 12.6. The lowest BCUT2D eigenvalue weighted by Gasteiger charge is -2.41. The van der Waals surface area contributed by atoms with Crippen LogP contribution in [0.5, 0.6) is 0 Å². The van der Waals surface area contributed by atoms with Crippen LogP contribution in [-0.4, -0.2) is 80.2 Å². The molecule has 0 radical (unpaired) electrons. The van der Waals surface area contributed by atoms with Gasteiger partial charge in [0.25, 0.3) is 0 Å². The zero-order valence-electron chi connectivity index (χ0n) is 19.2. The van der Waals surface area contributed by atoms with Crippen molar-refractivity contribution in [2.45, 2.75) is 45.2 Å². The molecule has 2 aliphatic heterocycles. The summed E-state index contributed by atoms with van der Waals surface area (Å²) < 4.78 is 5.46. The van der Waals surface area contributed by atoms with Crippen LogP contribution in [0.2, 0.25) is 0 Å². The molecule has 31 heavy (non-hydrogen) atoms. The van der Waals surface area contributed by atoms with Gasteiger partial charge in [-0.1, -0.05) is 24.3 Å². The molecule has 0 aliphatic carbocycles. The van der Waals surface area contributed by atoms with Crippen molar-refractivity contribution < 1.29 is 9.53 Å². The fraction of sp³-hybridized carbons (Fsp3) is 0.652. The molecule has 0 saturated carbocycles. The predicted octanol–water partition coefficient (Wildman–Crippen LogP) is 2.25. The van der Waals surface area contributed by atoms with Crippen molar-refractivity contribution in [3.8, 4) is 0 Å². The smallest absolute Gasteiger partial charge is 0.222 e. The largest absolute Gasteiger partial charge is 0.379 e. The zero-order chi connectivity index (χ0) is 21.4. The number of carbonyl (C=O) groups excluding carboxylic acids is 1. The molecule has 1 amide bonds. The van der Waals surface area contributed by atoms with Gasteiger partial charge in [0, 0.05) is 58.3 Å². The summed E-state index contributed by atoms with van der Waals surface area (Å²) in [5.41, 5.74) is 2.68. The Kier molecular flexibility index (Phi) is 10.5. The van der Waals surface area contributed by atoms with Gasteiger partial charge in [0.1, 0.15) is 0 Å². The molecule has 8 heteroatoms. The highest BCUT2D eigenvalue weighted by Gasteiger charge is 2.28. The number of ether oxygens (including phenoxy) is 1. The summed E-state index contributed by atoms with van der Waals surface area (Å²) in [6.07, 6.45) is 2.31. The Morgan fingerprint density at radius 1 is 1.13 bits per heavy atom. The molecule has 3 rings (SSSR count). The van der Waals surface area contributed by atoms with Crippen molar-refractivity contribution in [1.82, 2.24) is 20.4 Å². The maximum Gasteiger partial charge on any atom is 0.222 e. The fourth-order valence-corrected chi connectivity index (χ4v) is 4.11. The number of guanidine groups is 1. The summed E-state index contributed by atoms with van der Waals surface area (Å²) in [6.45, 7) is 11.1. The molecule has 0 aromatic heterocycles. The third kappa shape index (κ3) is 7.61. The van der Waals surface area contributed by atoms with E-state index in [1.54, 1.807) is 7.05 Å². The minimum Gasteiger partial charge on any atom is -0.379 e. The summed E-state index contributed by atoms with van der Waals surface area (Å²) in [4.78, 5) is 21.4. The topological polar surface area (TPSA) is 69.2 Å². The van der Waals surface area contributed by atoms with Gasteiger partial charge in [0.05, 0.1) is 13.2 Å². The molecule has 2 aliphatic rings. The van der Waals surface area contributed by atoms with Gasteiger partial charge < -0.3 is 20.3 Å². The average molecular weight is 543 g/mol. The molecule has 7 nitrogen and oxygen atoms in total. The molecule has 1 aromatic rings. The lowest BCUT2D eigenvalue weighted by Crippen LogP contribution is -2.56. The van der Waals surface area contributed by atoms with Crippen LogP contribution in [-0.2, 0) is 22.5 Å². The first-order valence-electron chi connectivity index (χ1n) is 11.1. The van der Waals surface area contributed by atoms with Crippen LogP contribution in [0, 0.1) is 0 Å². The monoisotopic (exact) mass is 543 g/mol. The van der Waals surface area contributed by atoms with Crippen LogP contribution in [0.3, 0.4) is 0 Å². The van der Waals surface area contributed by atoms with Gasteiger partial charge in [0.2, 0.25) is 5.91 Å². The fourth-order valence-electron chi connectivity index (χ4n) is 4.11. The van der Waals surface area contributed by atoms with E-state index in [4.69, 9.17) is 4.74 Å². The number of benzene rings is 1. The quantitative estimate of drug-likeness (QED) is 0.239. The summed E-state index contributed by atoms with van der Waals surface area (Å²) in [6, 6.07) is 8.42. The van der Waals surface area contributed by atoms with Gasteiger partial charge in [-0.25, -0.2) is 0 Å². The first kappa shape index (κ1) is 25.9. The summed E-state index contributed by atoms with van der Waals surface area (Å²) in [5, 5.41) is 6.77. The summed E-state index contributed by atoms with van der Waals surface area (Å²) in [7, 11) is 1.79. The highest BCUT2D eigenvalue weighted by atomic mass is 127. The van der Waals surface area contributed by atoms with Crippen molar-refractivity contribution in [2.24, 2.45) is 4.99 Å². The Bertz CT molecular complexity index is 734. The van der Waals surface area contributed by atoms with Crippen LogP contribution < -0.4 is 10.6 Å². The van der Waals surface area contributed by atoms with Gasteiger partial charge >= 0.3 is 0 Å². The standard InChI is InChI=1S/C23H37N5O2.HI/c1-23(2,28-13-15-30-16-14-28)18-26-22(24-3)25-11-6-9-21(29)27-12-10-19-7-4-5-8-20(19)17-27;/h4-5,7-8H,6,9-18H2,1-3H3,(H2,24,25,26);1H. The molecule has 0 atom stereocenters. The molecule has 1 saturated heterocycles. The number of carbonyl (C=O) groups is 1. The number of fused-ring (bicyclic) bond motifs is 1. The average Bonchev–Trinajstić information content (AvgIpc) is 2.78. The number of hydrogen-bond donors (Lipinski definition) is 2. The number of halogens is 1. The van der Waals surface area contributed by atoms with Gasteiger partial charge in [0.15, 0.2) is 5.96 Å². The second-order valence-corrected chi connectivity index (χ2v) is 8.70.